The average Bonchev–Trinajstić information content (AvgIpc) is 3.28. The van der Waals surface area contributed by atoms with Crippen LogP contribution in [0.3, 0.4) is 0 Å². The van der Waals surface area contributed by atoms with Crippen LogP contribution in [0.2, 0.25) is 0 Å². The highest BCUT2D eigenvalue weighted by atomic mass is 16.7. The molecule has 1 fully saturated rings. The van der Waals surface area contributed by atoms with Crippen LogP contribution in [0.25, 0.3) is 10.9 Å². The first-order chi connectivity index (χ1) is 16.6. The Labute approximate surface area is 198 Å². The Morgan fingerprint density at radius 2 is 2.03 bits per heavy atom. The number of hydrogen-bond acceptors (Lipinski definition) is 6. The molecule has 3 aromatic rings. The number of carbonyl (C=O) groups is 1. The lowest BCUT2D eigenvalue weighted by molar-refractivity contribution is -0.137. The van der Waals surface area contributed by atoms with Gasteiger partial charge < -0.3 is 9.57 Å². The Kier molecular flexibility index (Phi) is 6.20. The molecule has 2 atom stereocenters. The van der Waals surface area contributed by atoms with Crippen LogP contribution in [-0.2, 0) is 16.2 Å². The number of rotatable bonds is 6. The minimum absolute atomic E-state index is 0.0379. The maximum atomic E-state index is 11.8. The lowest BCUT2D eigenvalue weighted by atomic mass is 9.71. The van der Waals surface area contributed by atoms with Crippen molar-refractivity contribution in [3.63, 3.8) is 0 Å². The second kappa shape index (κ2) is 9.43. The standard InChI is InChI=1S/C27H29N3O4/c1-18-14-20(23-7-2-3-8-24(23)28-18)17-33-22-11-9-19(10-12-22)25-16-27(34-30-25)13-5-4-6-21(27)15-26(31)29-32/h2-3,7-12,14,21,32H,4-6,13,15-17H2,1H3,(H,29,31). The van der Waals surface area contributed by atoms with Gasteiger partial charge in [-0.1, -0.05) is 29.8 Å². The summed E-state index contributed by atoms with van der Waals surface area (Å²) in [5.41, 5.74) is 6.22. The van der Waals surface area contributed by atoms with E-state index in [0.717, 1.165) is 64.9 Å². The van der Waals surface area contributed by atoms with E-state index in [1.807, 2.05) is 49.4 Å². The van der Waals surface area contributed by atoms with E-state index in [4.69, 9.17) is 14.8 Å². The van der Waals surface area contributed by atoms with Crippen LogP contribution in [0.4, 0.5) is 0 Å². The quantitative estimate of drug-likeness (QED) is 0.397. The summed E-state index contributed by atoms with van der Waals surface area (Å²) in [6.45, 7) is 2.46. The number of aromatic nitrogens is 1. The van der Waals surface area contributed by atoms with Crippen molar-refractivity contribution in [2.24, 2.45) is 11.1 Å². The van der Waals surface area contributed by atoms with E-state index in [9.17, 15) is 4.79 Å². The summed E-state index contributed by atoms with van der Waals surface area (Å²) in [5, 5.41) is 14.5. The average molecular weight is 460 g/mol. The lowest BCUT2D eigenvalue weighted by Gasteiger charge is -2.38. The highest BCUT2D eigenvalue weighted by Gasteiger charge is 2.48. The van der Waals surface area contributed by atoms with E-state index < -0.39 is 5.60 Å². The fourth-order valence-corrected chi connectivity index (χ4v) is 5.26. The molecule has 1 spiro atoms. The number of hydroxylamine groups is 1. The van der Waals surface area contributed by atoms with Gasteiger partial charge in [-0.05, 0) is 68.1 Å². The topological polar surface area (TPSA) is 93.0 Å². The number of pyridine rings is 1. The van der Waals surface area contributed by atoms with Gasteiger partial charge in [-0.15, -0.1) is 0 Å². The number of carbonyl (C=O) groups excluding carboxylic acids is 1. The van der Waals surface area contributed by atoms with Crippen LogP contribution >= 0.6 is 0 Å². The molecule has 0 bridgehead atoms. The lowest BCUT2D eigenvalue weighted by Crippen LogP contribution is -2.43. The fourth-order valence-electron chi connectivity index (χ4n) is 5.26. The van der Waals surface area contributed by atoms with Gasteiger partial charge in [-0.2, -0.15) is 0 Å². The highest BCUT2D eigenvalue weighted by molar-refractivity contribution is 6.01. The molecule has 176 valence electrons. The van der Waals surface area contributed by atoms with Gasteiger partial charge in [0.15, 0.2) is 0 Å². The maximum Gasteiger partial charge on any atom is 0.243 e. The maximum absolute atomic E-state index is 11.8. The van der Waals surface area contributed by atoms with E-state index in [0.29, 0.717) is 13.0 Å². The second-order valence-corrected chi connectivity index (χ2v) is 9.31. The number of benzene rings is 2. The predicted molar refractivity (Wildman–Crippen MR) is 129 cm³/mol. The molecule has 2 N–H and O–H groups in total. The molecule has 2 aromatic carbocycles. The first-order valence-corrected chi connectivity index (χ1v) is 11.8. The summed E-state index contributed by atoms with van der Waals surface area (Å²) in [7, 11) is 0. The van der Waals surface area contributed by atoms with Crippen LogP contribution in [0.1, 0.15) is 55.3 Å². The van der Waals surface area contributed by atoms with Gasteiger partial charge in [0.25, 0.3) is 0 Å². The molecule has 1 aromatic heterocycles. The van der Waals surface area contributed by atoms with E-state index in [-0.39, 0.29) is 18.2 Å². The Morgan fingerprint density at radius 3 is 2.85 bits per heavy atom. The molecule has 7 heteroatoms. The number of nitrogens with one attached hydrogen (secondary N) is 1. The first-order valence-electron chi connectivity index (χ1n) is 11.8. The number of para-hydroxylation sites is 1. The molecule has 1 aliphatic heterocycles. The SMILES string of the molecule is Cc1cc(COc2ccc(C3=NOC4(CCCCC4CC(=O)NO)C3)cc2)c2ccccc2n1. The van der Waals surface area contributed by atoms with Gasteiger partial charge in [-0.3, -0.25) is 15.0 Å². The third-order valence-electron chi connectivity index (χ3n) is 7.02. The summed E-state index contributed by atoms with van der Waals surface area (Å²) in [6, 6.07) is 18.1. The number of oxime groups is 1. The molecule has 0 radical (unpaired) electrons. The largest absolute Gasteiger partial charge is 0.489 e. The Balaban J connectivity index is 1.26. The summed E-state index contributed by atoms with van der Waals surface area (Å²) < 4.78 is 6.09. The minimum Gasteiger partial charge on any atom is -0.489 e. The number of nitrogens with zero attached hydrogens (tertiary/aromatic N) is 2. The van der Waals surface area contributed by atoms with Crippen molar-refractivity contribution < 1.29 is 19.6 Å². The Hall–Kier alpha value is -3.45. The number of hydrogen-bond donors (Lipinski definition) is 2. The molecule has 2 heterocycles. The zero-order valence-electron chi connectivity index (χ0n) is 19.3. The number of ether oxygens (including phenoxy) is 1. The molecule has 5 rings (SSSR count). The Morgan fingerprint density at radius 1 is 1.21 bits per heavy atom. The van der Waals surface area contributed by atoms with E-state index in [1.165, 1.54) is 0 Å². The molecule has 1 saturated carbocycles. The molecule has 1 amide bonds. The molecule has 0 saturated heterocycles. The van der Waals surface area contributed by atoms with Crippen molar-refractivity contribution in [1.29, 1.82) is 0 Å². The van der Waals surface area contributed by atoms with Crippen molar-refractivity contribution >= 4 is 22.5 Å². The number of amides is 1. The smallest absolute Gasteiger partial charge is 0.243 e. The summed E-state index contributed by atoms with van der Waals surface area (Å²) in [6.07, 6.45) is 4.78. The van der Waals surface area contributed by atoms with Crippen molar-refractivity contribution in [1.82, 2.24) is 10.5 Å². The number of fused-ring (bicyclic) bond motifs is 1. The summed E-state index contributed by atoms with van der Waals surface area (Å²) in [5.74, 6) is 0.449. The van der Waals surface area contributed by atoms with Crippen molar-refractivity contribution in [2.75, 3.05) is 0 Å². The Bertz CT molecular complexity index is 1220. The summed E-state index contributed by atoms with van der Waals surface area (Å²) >= 11 is 0. The second-order valence-electron chi connectivity index (χ2n) is 9.31. The van der Waals surface area contributed by atoms with Gasteiger partial charge in [0.2, 0.25) is 5.91 Å². The molecule has 1 aliphatic carbocycles. The van der Waals surface area contributed by atoms with Gasteiger partial charge in [0.05, 0.1) is 11.2 Å². The van der Waals surface area contributed by atoms with E-state index in [1.54, 1.807) is 5.48 Å². The van der Waals surface area contributed by atoms with E-state index >= 15 is 0 Å². The fraction of sp³-hybridized carbons (Fsp3) is 0.370. The van der Waals surface area contributed by atoms with Crippen LogP contribution < -0.4 is 10.2 Å². The van der Waals surface area contributed by atoms with Crippen molar-refractivity contribution in [3.8, 4) is 5.75 Å². The van der Waals surface area contributed by atoms with Gasteiger partial charge in [-0.25, -0.2) is 5.48 Å². The molecule has 7 nitrogen and oxygen atoms in total. The van der Waals surface area contributed by atoms with Crippen LogP contribution in [-0.4, -0.2) is 27.4 Å². The molecular formula is C27H29N3O4. The summed E-state index contributed by atoms with van der Waals surface area (Å²) in [4.78, 5) is 22.4. The van der Waals surface area contributed by atoms with Gasteiger partial charge in [0, 0.05) is 35.4 Å². The third kappa shape index (κ3) is 4.48. The van der Waals surface area contributed by atoms with Crippen molar-refractivity contribution in [2.45, 2.75) is 57.7 Å². The molecular weight excluding hydrogens is 430 g/mol. The van der Waals surface area contributed by atoms with Crippen molar-refractivity contribution in [3.05, 3.63) is 71.4 Å². The van der Waals surface area contributed by atoms with Crippen LogP contribution in [0.15, 0.2) is 59.8 Å². The van der Waals surface area contributed by atoms with Gasteiger partial charge >= 0.3 is 0 Å². The number of aryl methyl sites for hydroxylation is 1. The van der Waals surface area contributed by atoms with E-state index in [2.05, 4.69) is 22.3 Å². The van der Waals surface area contributed by atoms with Crippen LogP contribution in [0.5, 0.6) is 5.75 Å². The minimum atomic E-state index is -0.463. The molecule has 2 unspecified atom stereocenters. The predicted octanol–water partition coefficient (Wildman–Crippen LogP) is 5.07. The first kappa shape index (κ1) is 22.3. The zero-order valence-corrected chi connectivity index (χ0v) is 19.3. The van der Waals surface area contributed by atoms with Crippen LogP contribution in [0, 0.1) is 12.8 Å². The monoisotopic (exact) mass is 459 g/mol. The normalized spacial score (nSPS) is 21.8. The van der Waals surface area contributed by atoms with Gasteiger partial charge in [0.1, 0.15) is 18.0 Å². The zero-order chi connectivity index (χ0) is 23.5. The molecule has 34 heavy (non-hydrogen) atoms. The molecule has 2 aliphatic rings. The third-order valence-corrected chi connectivity index (χ3v) is 7.02. The highest BCUT2D eigenvalue weighted by Crippen LogP contribution is 2.45.